The van der Waals surface area contributed by atoms with Crippen molar-refractivity contribution in [2.45, 2.75) is 26.0 Å². The lowest BCUT2D eigenvalue weighted by Gasteiger charge is -2.19. The number of nitrogen functional groups attached to an aromatic ring is 1. The van der Waals surface area contributed by atoms with Crippen molar-refractivity contribution in [1.29, 1.82) is 0 Å². The number of hydrogen-bond acceptors (Lipinski definition) is 5. The van der Waals surface area contributed by atoms with Crippen molar-refractivity contribution in [2.24, 2.45) is 5.84 Å². The van der Waals surface area contributed by atoms with Crippen molar-refractivity contribution in [3.63, 3.8) is 0 Å². The number of aromatic nitrogens is 1. The lowest BCUT2D eigenvalue weighted by atomic mass is 9.99. The summed E-state index contributed by atoms with van der Waals surface area (Å²) in [5, 5.41) is 0. The molecule has 0 bridgehead atoms. The zero-order valence-corrected chi connectivity index (χ0v) is 12.0. The summed E-state index contributed by atoms with van der Waals surface area (Å²) in [5.74, 6) is 5.86. The van der Waals surface area contributed by atoms with Crippen LogP contribution in [0.1, 0.15) is 31.0 Å². The first-order chi connectivity index (χ1) is 10.0. The lowest BCUT2D eigenvalue weighted by Crippen LogP contribution is -2.29. The van der Waals surface area contributed by atoms with Crippen LogP contribution in [0.15, 0.2) is 36.7 Å². The fourth-order valence-electron chi connectivity index (χ4n) is 2.09. The van der Waals surface area contributed by atoms with Gasteiger partial charge in [-0.05, 0) is 43.7 Å². The maximum atomic E-state index is 13.4. The van der Waals surface area contributed by atoms with Crippen LogP contribution in [-0.4, -0.2) is 11.1 Å². The Morgan fingerprint density at radius 1 is 1.24 bits per heavy atom. The van der Waals surface area contributed by atoms with E-state index in [0.29, 0.717) is 17.0 Å². The predicted molar refractivity (Wildman–Crippen MR) is 80.0 cm³/mol. The molecule has 0 spiro atoms. The third kappa shape index (κ3) is 3.68. The molecule has 21 heavy (non-hydrogen) atoms. The normalized spacial score (nSPS) is 12.4. The van der Waals surface area contributed by atoms with E-state index in [2.05, 4.69) is 10.4 Å². The Bertz CT molecular complexity index is 618. The zero-order chi connectivity index (χ0) is 15.4. The maximum Gasteiger partial charge on any atom is 0.138 e. The Morgan fingerprint density at radius 3 is 2.67 bits per heavy atom. The van der Waals surface area contributed by atoms with Crippen molar-refractivity contribution in [3.8, 4) is 5.75 Å². The SMILES string of the molecule is CC(C)Oc1cncc(C(NN)c2cc(F)ccc2N)c1. The molecule has 5 N–H and O–H groups in total. The lowest BCUT2D eigenvalue weighted by molar-refractivity contribution is 0.241. The predicted octanol–water partition coefficient (Wildman–Crippen LogP) is 2.14. The summed E-state index contributed by atoms with van der Waals surface area (Å²) in [6.45, 7) is 3.85. The molecule has 0 saturated heterocycles. The van der Waals surface area contributed by atoms with Crippen LogP contribution >= 0.6 is 0 Å². The van der Waals surface area contributed by atoms with Gasteiger partial charge >= 0.3 is 0 Å². The number of nitrogens with two attached hydrogens (primary N) is 2. The molecule has 2 aromatic rings. The summed E-state index contributed by atoms with van der Waals surface area (Å²) >= 11 is 0. The number of rotatable bonds is 5. The van der Waals surface area contributed by atoms with E-state index in [1.165, 1.54) is 18.2 Å². The van der Waals surface area contributed by atoms with Crippen molar-refractivity contribution in [2.75, 3.05) is 5.73 Å². The second kappa shape index (κ2) is 6.51. The second-order valence-electron chi connectivity index (χ2n) is 4.99. The van der Waals surface area contributed by atoms with Gasteiger partial charge in [0.15, 0.2) is 0 Å². The number of ether oxygens (including phenoxy) is 1. The molecule has 0 amide bonds. The van der Waals surface area contributed by atoms with E-state index >= 15 is 0 Å². The molecule has 0 aliphatic heterocycles. The zero-order valence-electron chi connectivity index (χ0n) is 12.0. The third-order valence-electron chi connectivity index (χ3n) is 2.97. The van der Waals surface area contributed by atoms with Gasteiger partial charge in [0.25, 0.3) is 0 Å². The first-order valence-corrected chi connectivity index (χ1v) is 6.64. The van der Waals surface area contributed by atoms with E-state index in [4.69, 9.17) is 16.3 Å². The highest BCUT2D eigenvalue weighted by Gasteiger charge is 2.17. The molecule has 0 aliphatic rings. The molecular formula is C15H19FN4O. The average molecular weight is 290 g/mol. The van der Waals surface area contributed by atoms with Gasteiger partial charge in [-0.3, -0.25) is 10.8 Å². The second-order valence-corrected chi connectivity index (χ2v) is 4.99. The number of pyridine rings is 1. The Balaban J connectivity index is 2.39. The molecule has 0 radical (unpaired) electrons. The highest BCUT2D eigenvalue weighted by Crippen LogP contribution is 2.28. The van der Waals surface area contributed by atoms with E-state index in [1.54, 1.807) is 12.4 Å². The van der Waals surface area contributed by atoms with E-state index in [1.807, 2.05) is 19.9 Å². The topological polar surface area (TPSA) is 86.2 Å². The smallest absolute Gasteiger partial charge is 0.138 e. The molecule has 1 heterocycles. The summed E-state index contributed by atoms with van der Waals surface area (Å²) < 4.78 is 19.0. The van der Waals surface area contributed by atoms with Crippen molar-refractivity contribution in [1.82, 2.24) is 10.4 Å². The molecule has 112 valence electrons. The van der Waals surface area contributed by atoms with Gasteiger partial charge in [-0.25, -0.2) is 9.82 Å². The highest BCUT2D eigenvalue weighted by molar-refractivity contribution is 5.51. The number of benzene rings is 1. The van der Waals surface area contributed by atoms with Crippen LogP contribution in [0, 0.1) is 5.82 Å². The molecular weight excluding hydrogens is 271 g/mol. The molecule has 0 aliphatic carbocycles. The number of nitrogens with zero attached hydrogens (tertiary/aromatic N) is 1. The Labute approximate surface area is 123 Å². The summed E-state index contributed by atoms with van der Waals surface area (Å²) in [6, 6.07) is 5.52. The summed E-state index contributed by atoms with van der Waals surface area (Å²) in [6.07, 6.45) is 3.29. The Kier molecular flexibility index (Phi) is 4.72. The minimum Gasteiger partial charge on any atom is -0.489 e. The molecule has 5 nitrogen and oxygen atoms in total. The summed E-state index contributed by atoms with van der Waals surface area (Å²) in [4.78, 5) is 4.13. The molecule has 0 fully saturated rings. The van der Waals surface area contributed by atoms with Crippen LogP contribution in [0.25, 0.3) is 0 Å². The molecule has 1 aromatic heterocycles. The Hall–Kier alpha value is -2.18. The number of hydrazine groups is 1. The van der Waals surface area contributed by atoms with Crippen molar-refractivity contribution in [3.05, 3.63) is 53.6 Å². The minimum atomic E-state index is -0.469. The molecule has 1 unspecified atom stereocenters. The van der Waals surface area contributed by atoms with Gasteiger partial charge in [0, 0.05) is 17.4 Å². The standard InChI is InChI=1S/C15H19FN4O/c1-9(2)21-12-5-10(7-19-8-12)15(20-18)13-6-11(16)3-4-14(13)17/h3-9,15,20H,17-18H2,1-2H3. The van der Waals surface area contributed by atoms with E-state index in [9.17, 15) is 4.39 Å². The van der Waals surface area contributed by atoms with Crippen LogP contribution < -0.4 is 21.7 Å². The van der Waals surface area contributed by atoms with Crippen LogP contribution in [-0.2, 0) is 0 Å². The van der Waals surface area contributed by atoms with Gasteiger partial charge in [0.2, 0.25) is 0 Å². The minimum absolute atomic E-state index is 0.0329. The average Bonchev–Trinajstić information content (AvgIpc) is 2.43. The van der Waals surface area contributed by atoms with Gasteiger partial charge in [-0.2, -0.15) is 0 Å². The van der Waals surface area contributed by atoms with Gasteiger partial charge in [-0.1, -0.05) is 0 Å². The van der Waals surface area contributed by atoms with Gasteiger partial charge in [-0.15, -0.1) is 0 Å². The number of anilines is 1. The van der Waals surface area contributed by atoms with Gasteiger partial charge in [0.1, 0.15) is 11.6 Å². The number of halogens is 1. The number of nitrogens with one attached hydrogen (secondary N) is 1. The largest absolute Gasteiger partial charge is 0.489 e. The number of hydrogen-bond donors (Lipinski definition) is 3. The Morgan fingerprint density at radius 2 is 2.00 bits per heavy atom. The van der Waals surface area contributed by atoms with Crippen LogP contribution in [0.4, 0.5) is 10.1 Å². The first-order valence-electron chi connectivity index (χ1n) is 6.64. The molecule has 0 saturated carbocycles. The molecule has 6 heteroatoms. The fraction of sp³-hybridized carbons (Fsp3) is 0.267. The van der Waals surface area contributed by atoms with E-state index in [0.717, 1.165) is 5.56 Å². The monoisotopic (exact) mass is 290 g/mol. The van der Waals surface area contributed by atoms with Gasteiger partial charge < -0.3 is 10.5 Å². The van der Waals surface area contributed by atoms with E-state index in [-0.39, 0.29) is 11.9 Å². The summed E-state index contributed by atoms with van der Waals surface area (Å²) in [5.41, 5.74) is 10.3. The quantitative estimate of drug-likeness (QED) is 0.446. The summed E-state index contributed by atoms with van der Waals surface area (Å²) in [7, 11) is 0. The third-order valence-corrected chi connectivity index (χ3v) is 2.97. The van der Waals surface area contributed by atoms with Crippen LogP contribution in [0.5, 0.6) is 5.75 Å². The first kappa shape index (κ1) is 15.2. The van der Waals surface area contributed by atoms with E-state index < -0.39 is 6.04 Å². The molecule has 1 aromatic carbocycles. The fourth-order valence-corrected chi connectivity index (χ4v) is 2.09. The molecule has 1 atom stereocenters. The van der Waals surface area contributed by atoms with Crippen LogP contribution in [0.3, 0.4) is 0 Å². The van der Waals surface area contributed by atoms with Crippen molar-refractivity contribution >= 4 is 5.69 Å². The molecule has 2 rings (SSSR count). The highest BCUT2D eigenvalue weighted by atomic mass is 19.1. The van der Waals surface area contributed by atoms with Crippen molar-refractivity contribution < 1.29 is 9.13 Å². The van der Waals surface area contributed by atoms with Crippen LogP contribution in [0.2, 0.25) is 0 Å². The maximum absolute atomic E-state index is 13.4. The van der Waals surface area contributed by atoms with Gasteiger partial charge in [0.05, 0.1) is 18.3 Å².